The minimum absolute atomic E-state index is 0.103. The first-order valence-electron chi connectivity index (χ1n) is 9.91. The summed E-state index contributed by atoms with van der Waals surface area (Å²) in [5, 5.41) is 9.51. The number of amides is 1. The van der Waals surface area contributed by atoms with Crippen LogP contribution >= 0.6 is 0 Å². The molecule has 1 amide bonds. The normalized spacial score (nSPS) is 15.7. The Morgan fingerprint density at radius 3 is 2.53 bits per heavy atom. The predicted octanol–water partition coefficient (Wildman–Crippen LogP) is 3.20. The van der Waals surface area contributed by atoms with E-state index in [2.05, 4.69) is 0 Å². The third kappa shape index (κ3) is 5.30. The molecule has 7 heteroatoms. The van der Waals surface area contributed by atoms with Crippen molar-refractivity contribution >= 4 is 12.1 Å². The minimum atomic E-state index is -0.424. The van der Waals surface area contributed by atoms with Crippen molar-refractivity contribution in [3.05, 3.63) is 64.7 Å². The van der Waals surface area contributed by atoms with Crippen molar-refractivity contribution < 1.29 is 28.9 Å². The van der Waals surface area contributed by atoms with Crippen LogP contribution in [0.1, 0.15) is 28.7 Å². The highest BCUT2D eigenvalue weighted by Crippen LogP contribution is 2.26. The van der Waals surface area contributed by atoms with Crippen molar-refractivity contribution in [2.24, 2.45) is 5.92 Å². The molecule has 0 aromatic heterocycles. The molecule has 1 N–H and O–H groups in total. The zero-order chi connectivity index (χ0) is 21.5. The molecule has 0 spiro atoms. The van der Waals surface area contributed by atoms with Gasteiger partial charge in [0, 0.05) is 18.7 Å². The Balaban J connectivity index is 1.49. The van der Waals surface area contributed by atoms with Crippen LogP contribution in [0.15, 0.2) is 42.5 Å². The van der Waals surface area contributed by atoms with Crippen molar-refractivity contribution in [2.45, 2.75) is 33.2 Å². The highest BCUT2D eigenvalue weighted by Gasteiger charge is 2.33. The lowest BCUT2D eigenvalue weighted by Crippen LogP contribution is -2.30. The van der Waals surface area contributed by atoms with E-state index >= 15 is 0 Å². The SMILES string of the molecule is COc1c(C)cc(COC(=O)C2CCN(C(=O)OCc3ccccc3)C2)cc1CO. The van der Waals surface area contributed by atoms with Gasteiger partial charge in [0.15, 0.2) is 0 Å². The summed E-state index contributed by atoms with van der Waals surface area (Å²) in [7, 11) is 1.55. The Kier molecular flexibility index (Phi) is 7.30. The Labute approximate surface area is 176 Å². The second-order valence-electron chi connectivity index (χ2n) is 7.34. The zero-order valence-electron chi connectivity index (χ0n) is 17.3. The smallest absolute Gasteiger partial charge is 0.410 e. The van der Waals surface area contributed by atoms with Gasteiger partial charge < -0.3 is 24.2 Å². The molecule has 30 heavy (non-hydrogen) atoms. The topological polar surface area (TPSA) is 85.3 Å². The number of nitrogens with zero attached hydrogens (tertiary/aromatic N) is 1. The number of methoxy groups -OCH3 is 1. The van der Waals surface area contributed by atoms with Crippen LogP contribution < -0.4 is 4.74 Å². The summed E-state index contributed by atoms with van der Waals surface area (Å²) in [4.78, 5) is 26.2. The molecule has 0 bridgehead atoms. The van der Waals surface area contributed by atoms with Gasteiger partial charge in [-0.3, -0.25) is 4.79 Å². The third-order valence-electron chi connectivity index (χ3n) is 5.15. The van der Waals surface area contributed by atoms with E-state index < -0.39 is 6.09 Å². The molecule has 160 valence electrons. The zero-order valence-corrected chi connectivity index (χ0v) is 17.3. The van der Waals surface area contributed by atoms with Gasteiger partial charge in [-0.05, 0) is 42.2 Å². The van der Waals surface area contributed by atoms with Crippen LogP contribution in [0.25, 0.3) is 0 Å². The quantitative estimate of drug-likeness (QED) is 0.702. The number of rotatable bonds is 7. The van der Waals surface area contributed by atoms with Gasteiger partial charge in [0.1, 0.15) is 19.0 Å². The number of aliphatic hydroxyl groups is 1. The fourth-order valence-corrected chi connectivity index (χ4v) is 3.62. The van der Waals surface area contributed by atoms with E-state index in [0.717, 1.165) is 16.7 Å². The second-order valence-corrected chi connectivity index (χ2v) is 7.34. The fourth-order valence-electron chi connectivity index (χ4n) is 3.62. The lowest BCUT2D eigenvalue weighted by Gasteiger charge is -2.16. The molecule has 1 aliphatic heterocycles. The van der Waals surface area contributed by atoms with Crippen LogP contribution in [-0.2, 0) is 34.1 Å². The van der Waals surface area contributed by atoms with Crippen LogP contribution in [0.4, 0.5) is 4.79 Å². The number of benzene rings is 2. The van der Waals surface area contributed by atoms with E-state index in [9.17, 15) is 14.7 Å². The largest absolute Gasteiger partial charge is 0.496 e. The average Bonchev–Trinajstić information content (AvgIpc) is 3.26. The Morgan fingerprint density at radius 1 is 1.10 bits per heavy atom. The van der Waals surface area contributed by atoms with Crippen LogP contribution in [0.2, 0.25) is 0 Å². The average molecular weight is 413 g/mol. The van der Waals surface area contributed by atoms with Gasteiger partial charge in [0.25, 0.3) is 0 Å². The molecule has 2 aromatic carbocycles. The van der Waals surface area contributed by atoms with E-state index in [4.69, 9.17) is 14.2 Å². The highest BCUT2D eigenvalue weighted by molar-refractivity contribution is 5.75. The van der Waals surface area contributed by atoms with E-state index in [1.165, 1.54) is 4.90 Å². The number of hydrogen-bond donors (Lipinski definition) is 1. The van der Waals surface area contributed by atoms with E-state index in [0.29, 0.717) is 24.3 Å². The molecule has 7 nitrogen and oxygen atoms in total. The molecule has 1 saturated heterocycles. The molecule has 0 radical (unpaired) electrons. The molecule has 1 fully saturated rings. The maximum Gasteiger partial charge on any atom is 0.410 e. The summed E-state index contributed by atoms with van der Waals surface area (Å²) < 4.78 is 16.1. The maximum atomic E-state index is 12.5. The van der Waals surface area contributed by atoms with Gasteiger partial charge in [-0.15, -0.1) is 0 Å². The number of likely N-dealkylation sites (tertiary alicyclic amines) is 1. The molecule has 1 atom stereocenters. The first-order valence-corrected chi connectivity index (χ1v) is 9.91. The van der Waals surface area contributed by atoms with Crippen molar-refractivity contribution in [3.63, 3.8) is 0 Å². The monoisotopic (exact) mass is 413 g/mol. The maximum absolute atomic E-state index is 12.5. The third-order valence-corrected chi connectivity index (χ3v) is 5.15. The molecule has 0 aliphatic carbocycles. The number of aryl methyl sites for hydroxylation is 1. The van der Waals surface area contributed by atoms with Crippen molar-refractivity contribution in [1.82, 2.24) is 4.90 Å². The van der Waals surface area contributed by atoms with E-state index in [1.54, 1.807) is 13.2 Å². The summed E-state index contributed by atoms with van der Waals surface area (Å²) in [6.45, 7) is 2.77. The van der Waals surface area contributed by atoms with E-state index in [-0.39, 0.29) is 38.3 Å². The highest BCUT2D eigenvalue weighted by atomic mass is 16.6. The molecule has 1 unspecified atom stereocenters. The van der Waals surface area contributed by atoms with Crippen molar-refractivity contribution in [3.8, 4) is 5.75 Å². The molecule has 0 saturated carbocycles. The van der Waals surface area contributed by atoms with Crippen molar-refractivity contribution in [2.75, 3.05) is 20.2 Å². The Bertz CT molecular complexity index is 883. The van der Waals surface area contributed by atoms with Crippen molar-refractivity contribution in [1.29, 1.82) is 0 Å². The van der Waals surface area contributed by atoms with Crippen LogP contribution in [0.3, 0.4) is 0 Å². The standard InChI is InChI=1S/C23H27NO6/c1-16-10-18(11-20(13-25)21(16)28-2)15-29-22(26)19-8-9-24(12-19)23(27)30-14-17-6-4-3-5-7-17/h3-7,10-11,19,25H,8-9,12-15H2,1-2H3. The molecular formula is C23H27NO6. The molecule has 1 aliphatic rings. The lowest BCUT2D eigenvalue weighted by molar-refractivity contribution is -0.149. The summed E-state index contributed by atoms with van der Waals surface area (Å²) in [5.41, 5.74) is 3.21. The first-order chi connectivity index (χ1) is 14.5. The van der Waals surface area contributed by atoms with Gasteiger partial charge in [0.05, 0.1) is 19.6 Å². The summed E-state index contributed by atoms with van der Waals surface area (Å²) >= 11 is 0. The van der Waals surface area contributed by atoms with Crippen LogP contribution in [0, 0.1) is 12.8 Å². The number of carbonyl (C=O) groups excluding carboxylic acids is 2. The number of aliphatic hydroxyl groups excluding tert-OH is 1. The fraction of sp³-hybridized carbons (Fsp3) is 0.391. The molecular weight excluding hydrogens is 386 g/mol. The van der Waals surface area contributed by atoms with Gasteiger partial charge in [-0.2, -0.15) is 0 Å². The van der Waals surface area contributed by atoms with E-state index in [1.807, 2.05) is 43.3 Å². The molecule has 2 aromatic rings. The van der Waals surface area contributed by atoms with Crippen LogP contribution in [-0.4, -0.2) is 42.3 Å². The van der Waals surface area contributed by atoms with Gasteiger partial charge in [0.2, 0.25) is 0 Å². The summed E-state index contributed by atoms with van der Waals surface area (Å²) in [6.07, 6.45) is 0.121. The van der Waals surface area contributed by atoms with Gasteiger partial charge in [-0.1, -0.05) is 30.3 Å². The number of ether oxygens (including phenoxy) is 3. The Morgan fingerprint density at radius 2 is 1.83 bits per heavy atom. The summed E-state index contributed by atoms with van der Waals surface area (Å²) in [5.74, 6) is -0.0775. The molecule has 1 heterocycles. The number of carbonyl (C=O) groups is 2. The van der Waals surface area contributed by atoms with Gasteiger partial charge >= 0.3 is 12.1 Å². The predicted molar refractivity (Wildman–Crippen MR) is 110 cm³/mol. The van der Waals surface area contributed by atoms with Gasteiger partial charge in [-0.25, -0.2) is 4.79 Å². The minimum Gasteiger partial charge on any atom is -0.496 e. The lowest BCUT2D eigenvalue weighted by atomic mass is 10.1. The first kappa shape index (κ1) is 21.6. The second kappa shape index (κ2) is 10.1. The van der Waals surface area contributed by atoms with Crippen LogP contribution in [0.5, 0.6) is 5.75 Å². The summed E-state index contributed by atoms with van der Waals surface area (Å²) in [6, 6.07) is 13.1. The number of esters is 1. The molecule has 3 rings (SSSR count). The number of hydrogen-bond acceptors (Lipinski definition) is 6. The Hall–Kier alpha value is -3.06.